The zero-order valence-electron chi connectivity index (χ0n) is 16.1. The number of nitrogens with zero attached hydrogens (tertiary/aromatic N) is 1. The van der Waals surface area contributed by atoms with Crippen LogP contribution in [0.4, 0.5) is 13.2 Å². The second-order valence-electron chi connectivity index (χ2n) is 6.68. The summed E-state index contributed by atoms with van der Waals surface area (Å²) in [5.74, 6) is 0.322. The Bertz CT molecular complexity index is 1010. The van der Waals surface area contributed by atoms with Crippen LogP contribution < -0.4 is 10.1 Å². The smallest absolute Gasteiger partial charge is 0.416 e. The predicted molar refractivity (Wildman–Crippen MR) is 105 cm³/mol. The molecule has 3 rings (SSSR count). The van der Waals surface area contributed by atoms with E-state index in [1.165, 1.54) is 12.1 Å². The minimum Gasteiger partial charge on any atom is -0.496 e. The molecule has 4 nitrogen and oxygen atoms in total. The fourth-order valence-corrected chi connectivity index (χ4v) is 3.04. The summed E-state index contributed by atoms with van der Waals surface area (Å²) < 4.78 is 43.3. The molecule has 0 aliphatic carbocycles. The van der Waals surface area contributed by atoms with Crippen LogP contribution >= 0.6 is 0 Å². The highest BCUT2D eigenvalue weighted by molar-refractivity contribution is 5.99. The molecule has 29 heavy (non-hydrogen) atoms. The average molecular weight is 402 g/mol. The van der Waals surface area contributed by atoms with Crippen LogP contribution in [0.5, 0.6) is 5.75 Å². The molecule has 7 heteroatoms. The number of alkyl halides is 3. The zero-order valence-corrected chi connectivity index (χ0v) is 16.1. The van der Waals surface area contributed by atoms with Gasteiger partial charge in [0.25, 0.3) is 5.91 Å². The van der Waals surface area contributed by atoms with Crippen molar-refractivity contribution in [3.05, 3.63) is 70.9 Å². The summed E-state index contributed by atoms with van der Waals surface area (Å²) in [4.78, 5) is 17.1. The Hall–Kier alpha value is -3.09. The Kier molecular flexibility index (Phi) is 6.06. The average Bonchev–Trinajstić information content (AvgIpc) is 2.71. The van der Waals surface area contributed by atoms with Crippen molar-refractivity contribution < 1.29 is 22.7 Å². The Morgan fingerprint density at radius 2 is 1.83 bits per heavy atom. The van der Waals surface area contributed by atoms with E-state index in [2.05, 4.69) is 17.2 Å². The zero-order chi connectivity index (χ0) is 21.0. The van der Waals surface area contributed by atoms with Crippen molar-refractivity contribution >= 4 is 16.8 Å². The highest BCUT2D eigenvalue weighted by Crippen LogP contribution is 2.29. The van der Waals surface area contributed by atoms with Crippen LogP contribution in [0.1, 0.15) is 40.5 Å². The molecule has 1 amide bonds. The molecule has 0 bridgehead atoms. The van der Waals surface area contributed by atoms with Crippen LogP contribution in [0.15, 0.2) is 48.5 Å². The van der Waals surface area contributed by atoms with E-state index in [1.54, 1.807) is 25.3 Å². The minimum atomic E-state index is -4.38. The van der Waals surface area contributed by atoms with Crippen LogP contribution in [0.3, 0.4) is 0 Å². The van der Waals surface area contributed by atoms with Gasteiger partial charge >= 0.3 is 6.18 Å². The van der Waals surface area contributed by atoms with E-state index >= 15 is 0 Å². The number of ether oxygens (including phenoxy) is 1. The number of hydrogen-bond acceptors (Lipinski definition) is 3. The first-order chi connectivity index (χ1) is 13.8. The van der Waals surface area contributed by atoms with Crippen LogP contribution in [-0.2, 0) is 19.1 Å². The first kappa shape index (κ1) is 20.6. The molecule has 0 atom stereocenters. The van der Waals surface area contributed by atoms with Crippen molar-refractivity contribution in [3.8, 4) is 5.75 Å². The summed E-state index contributed by atoms with van der Waals surface area (Å²) >= 11 is 0. The first-order valence-electron chi connectivity index (χ1n) is 9.24. The van der Waals surface area contributed by atoms with E-state index in [0.29, 0.717) is 16.9 Å². The Morgan fingerprint density at radius 3 is 2.45 bits per heavy atom. The lowest BCUT2D eigenvalue weighted by atomic mass is 10.1. The molecule has 0 spiro atoms. The normalized spacial score (nSPS) is 11.5. The predicted octanol–water partition coefficient (Wildman–Crippen LogP) is 5.14. The van der Waals surface area contributed by atoms with Gasteiger partial charge in [-0.2, -0.15) is 13.2 Å². The number of halogens is 3. The molecule has 2 aromatic carbocycles. The number of methoxy groups -OCH3 is 1. The Balaban J connectivity index is 1.76. The first-order valence-corrected chi connectivity index (χ1v) is 9.24. The number of rotatable bonds is 6. The number of hydrogen-bond donors (Lipinski definition) is 1. The molecule has 3 aromatic rings. The molecule has 1 N–H and O–H groups in total. The van der Waals surface area contributed by atoms with Gasteiger partial charge in [0, 0.05) is 29.3 Å². The lowest BCUT2D eigenvalue weighted by Gasteiger charge is -2.11. The number of carbonyl (C=O) groups is 1. The van der Waals surface area contributed by atoms with E-state index in [-0.39, 0.29) is 12.5 Å². The van der Waals surface area contributed by atoms with Crippen LogP contribution in [0.2, 0.25) is 0 Å². The number of nitrogens with one attached hydrogen (secondary N) is 1. The van der Waals surface area contributed by atoms with E-state index in [0.717, 1.165) is 41.6 Å². The third-order valence-electron chi connectivity index (χ3n) is 4.55. The molecule has 1 aromatic heterocycles. The van der Waals surface area contributed by atoms with Crippen molar-refractivity contribution in [2.45, 2.75) is 32.5 Å². The van der Waals surface area contributed by atoms with E-state index in [1.807, 2.05) is 6.07 Å². The molecule has 0 unspecified atom stereocenters. The lowest BCUT2D eigenvalue weighted by Crippen LogP contribution is -2.22. The highest BCUT2D eigenvalue weighted by Gasteiger charge is 2.29. The Labute approximate surface area is 166 Å². The summed E-state index contributed by atoms with van der Waals surface area (Å²) in [6.45, 7) is 2.20. The number of benzene rings is 2. The standard InChI is InChI=1S/C22H21F3N2O2/c1-3-4-17-12-20(29-2)18-11-15(7-10-19(18)27-17)21(28)26-13-14-5-8-16(9-6-14)22(23,24)25/h5-12H,3-4,13H2,1-2H3,(H,26,28). The van der Waals surface area contributed by atoms with Crippen molar-refractivity contribution in [1.82, 2.24) is 10.3 Å². The summed E-state index contributed by atoms with van der Waals surface area (Å²) in [6, 6.07) is 11.7. The van der Waals surface area contributed by atoms with E-state index in [4.69, 9.17) is 4.74 Å². The summed E-state index contributed by atoms with van der Waals surface area (Å²) in [5, 5.41) is 3.46. The Morgan fingerprint density at radius 1 is 1.10 bits per heavy atom. The van der Waals surface area contributed by atoms with Gasteiger partial charge < -0.3 is 10.1 Å². The number of aromatic nitrogens is 1. The number of amides is 1. The molecule has 0 radical (unpaired) electrons. The maximum Gasteiger partial charge on any atom is 0.416 e. The van der Waals surface area contributed by atoms with Gasteiger partial charge in [-0.3, -0.25) is 9.78 Å². The van der Waals surface area contributed by atoms with Crippen LogP contribution in [0.25, 0.3) is 10.9 Å². The minimum absolute atomic E-state index is 0.125. The van der Waals surface area contributed by atoms with Gasteiger partial charge in [0.1, 0.15) is 5.75 Å². The maximum absolute atomic E-state index is 12.6. The van der Waals surface area contributed by atoms with E-state index in [9.17, 15) is 18.0 Å². The maximum atomic E-state index is 12.6. The molecule has 1 heterocycles. The second kappa shape index (κ2) is 8.51. The van der Waals surface area contributed by atoms with Crippen molar-refractivity contribution in [1.29, 1.82) is 0 Å². The molecular weight excluding hydrogens is 381 g/mol. The van der Waals surface area contributed by atoms with Crippen molar-refractivity contribution in [3.63, 3.8) is 0 Å². The van der Waals surface area contributed by atoms with Crippen molar-refractivity contribution in [2.75, 3.05) is 7.11 Å². The molecule has 0 aliphatic heterocycles. The molecule has 0 saturated heterocycles. The summed E-state index contributed by atoms with van der Waals surface area (Å²) in [5.41, 5.74) is 1.95. The number of fused-ring (bicyclic) bond motifs is 1. The monoisotopic (exact) mass is 402 g/mol. The van der Waals surface area contributed by atoms with Gasteiger partial charge in [0.15, 0.2) is 0 Å². The molecular formula is C22H21F3N2O2. The molecule has 0 aliphatic rings. The highest BCUT2D eigenvalue weighted by atomic mass is 19.4. The van der Waals surface area contributed by atoms with Crippen molar-refractivity contribution in [2.24, 2.45) is 0 Å². The van der Waals surface area contributed by atoms with E-state index < -0.39 is 11.7 Å². The fourth-order valence-electron chi connectivity index (χ4n) is 3.04. The van der Waals surface area contributed by atoms with Crippen LogP contribution in [0, 0.1) is 0 Å². The van der Waals surface area contributed by atoms with Gasteiger partial charge in [-0.05, 0) is 42.3 Å². The largest absolute Gasteiger partial charge is 0.496 e. The molecule has 0 fully saturated rings. The van der Waals surface area contributed by atoms with Crippen LogP contribution in [-0.4, -0.2) is 18.0 Å². The second-order valence-corrected chi connectivity index (χ2v) is 6.68. The molecule has 0 saturated carbocycles. The molecule has 152 valence electrons. The lowest BCUT2D eigenvalue weighted by molar-refractivity contribution is -0.137. The number of aryl methyl sites for hydroxylation is 1. The number of pyridine rings is 1. The quantitative estimate of drug-likeness (QED) is 0.621. The third-order valence-corrected chi connectivity index (χ3v) is 4.55. The number of carbonyl (C=O) groups excluding carboxylic acids is 1. The summed E-state index contributed by atoms with van der Waals surface area (Å²) in [7, 11) is 1.57. The summed E-state index contributed by atoms with van der Waals surface area (Å²) in [6.07, 6.45) is -2.58. The fraction of sp³-hybridized carbons (Fsp3) is 0.273. The van der Waals surface area contributed by atoms with Gasteiger partial charge in [0.2, 0.25) is 0 Å². The topological polar surface area (TPSA) is 51.2 Å². The van der Waals surface area contributed by atoms with Gasteiger partial charge in [0.05, 0.1) is 18.2 Å². The van der Waals surface area contributed by atoms with Gasteiger partial charge in [-0.1, -0.05) is 25.5 Å². The third kappa shape index (κ3) is 4.85. The van der Waals surface area contributed by atoms with Gasteiger partial charge in [-0.25, -0.2) is 0 Å². The van der Waals surface area contributed by atoms with Gasteiger partial charge in [-0.15, -0.1) is 0 Å². The SMILES string of the molecule is CCCc1cc(OC)c2cc(C(=O)NCc3ccc(C(F)(F)F)cc3)ccc2n1.